The van der Waals surface area contributed by atoms with Crippen molar-refractivity contribution in [2.75, 3.05) is 22.9 Å². The zero-order chi connectivity index (χ0) is 24.0. The molecular formula is C25H30N4O3S. The van der Waals surface area contributed by atoms with Crippen LogP contribution in [-0.4, -0.2) is 27.8 Å². The van der Waals surface area contributed by atoms with Crippen LogP contribution >= 0.6 is 11.8 Å². The standard InChI is InChI=1S/C25H30N4O3S/c1-4-13-28(21(30)12-14-33-20-11-10-17(2)18(3)15-20)22-23(26)29(25(32)27-24(22)31)16-19-8-6-5-7-9-19/h5-11,15H,4,12-14,16,26H2,1-3H3,(H,27,31,32). The van der Waals surface area contributed by atoms with Crippen LogP contribution in [0.4, 0.5) is 11.5 Å². The van der Waals surface area contributed by atoms with Crippen molar-refractivity contribution >= 4 is 29.2 Å². The van der Waals surface area contributed by atoms with E-state index in [2.05, 4.69) is 31.0 Å². The number of hydrogen-bond donors (Lipinski definition) is 2. The number of rotatable bonds is 9. The van der Waals surface area contributed by atoms with Crippen molar-refractivity contribution in [2.24, 2.45) is 0 Å². The minimum absolute atomic E-state index is 0.00350. The third-order valence-electron chi connectivity index (χ3n) is 5.48. The maximum absolute atomic E-state index is 13.1. The Balaban J connectivity index is 1.83. The molecule has 0 aliphatic heterocycles. The summed E-state index contributed by atoms with van der Waals surface area (Å²) in [5, 5.41) is 0. The van der Waals surface area contributed by atoms with Crippen LogP contribution in [0.3, 0.4) is 0 Å². The van der Waals surface area contributed by atoms with Gasteiger partial charge in [-0.05, 0) is 49.1 Å². The lowest BCUT2D eigenvalue weighted by Gasteiger charge is -2.24. The molecule has 1 amide bonds. The molecule has 8 heteroatoms. The summed E-state index contributed by atoms with van der Waals surface area (Å²) in [6.07, 6.45) is 0.890. The first-order chi connectivity index (χ1) is 15.8. The number of nitrogens with zero attached hydrogens (tertiary/aromatic N) is 2. The van der Waals surface area contributed by atoms with Crippen LogP contribution in [0.1, 0.15) is 36.5 Å². The van der Waals surface area contributed by atoms with Gasteiger partial charge in [-0.1, -0.05) is 43.3 Å². The molecule has 0 saturated carbocycles. The highest BCUT2D eigenvalue weighted by atomic mass is 32.2. The van der Waals surface area contributed by atoms with Gasteiger partial charge in [0.15, 0.2) is 5.69 Å². The largest absolute Gasteiger partial charge is 0.383 e. The second-order valence-corrected chi connectivity index (χ2v) is 9.12. The molecule has 2 aromatic carbocycles. The zero-order valence-corrected chi connectivity index (χ0v) is 20.1. The van der Waals surface area contributed by atoms with Gasteiger partial charge in [0.25, 0.3) is 5.56 Å². The van der Waals surface area contributed by atoms with Crippen molar-refractivity contribution in [2.45, 2.75) is 45.1 Å². The average Bonchev–Trinajstić information content (AvgIpc) is 2.79. The van der Waals surface area contributed by atoms with Crippen molar-refractivity contribution in [1.82, 2.24) is 9.55 Å². The monoisotopic (exact) mass is 466 g/mol. The van der Waals surface area contributed by atoms with Crippen LogP contribution in [0.2, 0.25) is 0 Å². The molecule has 7 nitrogen and oxygen atoms in total. The van der Waals surface area contributed by atoms with E-state index >= 15 is 0 Å². The second-order valence-electron chi connectivity index (χ2n) is 7.95. The fraction of sp³-hybridized carbons (Fsp3) is 0.320. The minimum Gasteiger partial charge on any atom is -0.383 e. The van der Waals surface area contributed by atoms with E-state index in [0.29, 0.717) is 18.7 Å². The Hall–Kier alpha value is -3.26. The van der Waals surface area contributed by atoms with Crippen molar-refractivity contribution in [3.8, 4) is 0 Å². The van der Waals surface area contributed by atoms with Crippen molar-refractivity contribution in [3.63, 3.8) is 0 Å². The Morgan fingerprint density at radius 2 is 1.82 bits per heavy atom. The number of aromatic nitrogens is 2. The van der Waals surface area contributed by atoms with Gasteiger partial charge in [0, 0.05) is 23.6 Å². The molecule has 0 bridgehead atoms. The van der Waals surface area contributed by atoms with Crippen LogP contribution < -0.4 is 21.9 Å². The molecule has 1 aromatic heterocycles. The molecule has 0 saturated heterocycles. The lowest BCUT2D eigenvalue weighted by molar-refractivity contribution is -0.118. The number of aryl methyl sites for hydroxylation is 2. The van der Waals surface area contributed by atoms with Crippen molar-refractivity contribution in [1.29, 1.82) is 0 Å². The molecule has 3 aromatic rings. The summed E-state index contributed by atoms with van der Waals surface area (Å²) < 4.78 is 1.30. The Labute approximate surface area is 197 Å². The highest BCUT2D eigenvalue weighted by molar-refractivity contribution is 7.99. The Bertz CT molecular complexity index is 1230. The number of amides is 1. The molecule has 33 heavy (non-hydrogen) atoms. The maximum atomic E-state index is 13.1. The van der Waals surface area contributed by atoms with Crippen molar-refractivity contribution in [3.05, 3.63) is 86.1 Å². The van der Waals surface area contributed by atoms with Gasteiger partial charge in [-0.15, -0.1) is 11.8 Å². The van der Waals surface area contributed by atoms with E-state index in [1.165, 1.54) is 20.6 Å². The normalized spacial score (nSPS) is 10.9. The van der Waals surface area contributed by atoms with Gasteiger partial charge in [-0.2, -0.15) is 0 Å². The number of carbonyl (C=O) groups is 1. The number of nitrogen functional groups attached to an aromatic ring is 1. The van der Waals surface area contributed by atoms with E-state index in [9.17, 15) is 14.4 Å². The smallest absolute Gasteiger partial charge is 0.330 e. The van der Waals surface area contributed by atoms with Crippen LogP contribution in [0.5, 0.6) is 0 Å². The summed E-state index contributed by atoms with van der Waals surface area (Å²) in [6, 6.07) is 15.6. The number of hydrogen-bond acceptors (Lipinski definition) is 5. The first-order valence-corrected chi connectivity index (χ1v) is 12.0. The number of benzene rings is 2. The second kappa shape index (κ2) is 11.0. The number of nitrogens with two attached hydrogens (primary N) is 1. The van der Waals surface area contributed by atoms with Gasteiger partial charge in [-0.3, -0.25) is 19.1 Å². The van der Waals surface area contributed by atoms with Gasteiger partial charge in [-0.25, -0.2) is 4.79 Å². The van der Waals surface area contributed by atoms with E-state index in [1.807, 2.05) is 43.3 Å². The third-order valence-corrected chi connectivity index (χ3v) is 6.47. The molecule has 0 aliphatic carbocycles. The number of H-pyrrole nitrogens is 1. The van der Waals surface area contributed by atoms with E-state index in [-0.39, 0.29) is 30.4 Å². The number of nitrogens with one attached hydrogen (secondary N) is 1. The molecule has 0 aliphatic rings. The molecule has 1 heterocycles. The van der Waals surface area contributed by atoms with Crippen LogP contribution in [0.25, 0.3) is 0 Å². The van der Waals surface area contributed by atoms with Crippen LogP contribution in [0.15, 0.2) is 63.0 Å². The first-order valence-electron chi connectivity index (χ1n) is 11.0. The summed E-state index contributed by atoms with van der Waals surface area (Å²) in [5.74, 6) is 0.370. The third kappa shape index (κ3) is 5.96. The van der Waals surface area contributed by atoms with Gasteiger partial charge in [0.2, 0.25) is 5.91 Å². The molecule has 0 radical (unpaired) electrons. The fourth-order valence-electron chi connectivity index (χ4n) is 3.54. The molecule has 0 atom stereocenters. The van der Waals surface area contributed by atoms with E-state index in [0.717, 1.165) is 10.5 Å². The molecule has 0 unspecified atom stereocenters. The summed E-state index contributed by atoms with van der Waals surface area (Å²) >= 11 is 1.60. The summed E-state index contributed by atoms with van der Waals surface area (Å²) in [4.78, 5) is 43.1. The zero-order valence-electron chi connectivity index (χ0n) is 19.3. The summed E-state index contributed by atoms with van der Waals surface area (Å²) in [7, 11) is 0. The summed E-state index contributed by atoms with van der Waals surface area (Å²) in [5.41, 5.74) is 8.38. The number of anilines is 2. The van der Waals surface area contributed by atoms with Gasteiger partial charge in [0.1, 0.15) is 5.82 Å². The van der Waals surface area contributed by atoms with E-state index in [4.69, 9.17) is 5.73 Å². The summed E-state index contributed by atoms with van der Waals surface area (Å²) in [6.45, 7) is 6.59. The molecule has 3 rings (SSSR count). The topological polar surface area (TPSA) is 101 Å². The SMILES string of the molecule is CCCN(C(=O)CCSc1ccc(C)c(C)c1)c1c(N)n(Cc2ccccc2)c(=O)[nH]c1=O. The Morgan fingerprint density at radius 3 is 2.48 bits per heavy atom. The molecule has 0 fully saturated rings. The van der Waals surface area contributed by atoms with Gasteiger partial charge < -0.3 is 10.6 Å². The van der Waals surface area contributed by atoms with Crippen LogP contribution in [-0.2, 0) is 11.3 Å². The maximum Gasteiger partial charge on any atom is 0.330 e. The highest BCUT2D eigenvalue weighted by Crippen LogP contribution is 2.24. The molecule has 174 valence electrons. The highest BCUT2D eigenvalue weighted by Gasteiger charge is 2.23. The molecule has 0 spiro atoms. The predicted molar refractivity (Wildman–Crippen MR) is 135 cm³/mol. The lowest BCUT2D eigenvalue weighted by Crippen LogP contribution is -2.41. The number of thioether (sulfide) groups is 1. The number of aromatic amines is 1. The first kappa shape index (κ1) is 24.4. The fourth-order valence-corrected chi connectivity index (χ4v) is 4.48. The quantitative estimate of drug-likeness (QED) is 0.468. The van der Waals surface area contributed by atoms with Gasteiger partial charge >= 0.3 is 5.69 Å². The Morgan fingerprint density at radius 1 is 1.09 bits per heavy atom. The minimum atomic E-state index is -0.648. The van der Waals surface area contributed by atoms with Gasteiger partial charge in [0.05, 0.1) is 6.54 Å². The molecule has 3 N–H and O–H groups in total. The van der Waals surface area contributed by atoms with E-state index < -0.39 is 11.2 Å². The average molecular weight is 467 g/mol. The number of carbonyl (C=O) groups excluding carboxylic acids is 1. The Kier molecular flexibility index (Phi) is 8.16. The van der Waals surface area contributed by atoms with Crippen LogP contribution in [0, 0.1) is 13.8 Å². The molecular weight excluding hydrogens is 436 g/mol. The predicted octanol–water partition coefficient (Wildman–Crippen LogP) is 3.71. The lowest BCUT2D eigenvalue weighted by atomic mass is 10.1. The van der Waals surface area contributed by atoms with E-state index in [1.54, 1.807) is 11.8 Å². The van der Waals surface area contributed by atoms with Crippen molar-refractivity contribution < 1.29 is 4.79 Å².